The van der Waals surface area contributed by atoms with Crippen LogP contribution in [0.4, 0.5) is 4.79 Å². The van der Waals surface area contributed by atoms with Crippen molar-refractivity contribution in [3.05, 3.63) is 59.8 Å². The minimum absolute atomic E-state index is 0.244. The number of nitrogens with one attached hydrogen (secondary N) is 1. The number of hydrogen-bond acceptors (Lipinski definition) is 5. The number of hydrogen-bond donors (Lipinski definition) is 1. The molecule has 1 aromatic rings. The first-order chi connectivity index (χ1) is 12.0. The maximum Gasteiger partial charge on any atom is 0.412 e. The summed E-state index contributed by atoms with van der Waals surface area (Å²) in [5.41, 5.74) is 1.88. The number of ether oxygens (including phenoxy) is 2. The third kappa shape index (κ3) is 3.84. The van der Waals surface area contributed by atoms with Crippen LogP contribution in [0, 0.1) is 0 Å². The van der Waals surface area contributed by atoms with Crippen molar-refractivity contribution in [2.24, 2.45) is 0 Å². The molecule has 1 amide bonds. The second-order valence-corrected chi connectivity index (χ2v) is 5.63. The van der Waals surface area contributed by atoms with Gasteiger partial charge in [0.1, 0.15) is 6.17 Å². The highest BCUT2D eigenvalue weighted by Crippen LogP contribution is 2.36. The van der Waals surface area contributed by atoms with Crippen molar-refractivity contribution in [2.75, 3.05) is 13.7 Å². The van der Waals surface area contributed by atoms with Crippen molar-refractivity contribution >= 4 is 12.1 Å². The number of carbonyl (C=O) groups is 2. The zero-order valence-corrected chi connectivity index (χ0v) is 14.8. The van der Waals surface area contributed by atoms with E-state index in [0.29, 0.717) is 17.7 Å². The first-order valence-corrected chi connectivity index (χ1v) is 8.21. The molecule has 0 saturated carbocycles. The van der Waals surface area contributed by atoms with E-state index in [1.54, 1.807) is 24.8 Å². The third-order valence-corrected chi connectivity index (χ3v) is 4.06. The van der Waals surface area contributed by atoms with E-state index in [1.165, 1.54) is 7.11 Å². The predicted octanol–water partition coefficient (Wildman–Crippen LogP) is 3.14. The van der Waals surface area contributed by atoms with Crippen molar-refractivity contribution in [3.8, 4) is 0 Å². The Morgan fingerprint density at radius 3 is 2.56 bits per heavy atom. The van der Waals surface area contributed by atoms with Gasteiger partial charge in [0, 0.05) is 12.1 Å². The van der Waals surface area contributed by atoms with Crippen LogP contribution < -0.4 is 5.32 Å². The van der Waals surface area contributed by atoms with Crippen molar-refractivity contribution < 1.29 is 19.1 Å². The Labute approximate surface area is 148 Å². The number of esters is 1. The van der Waals surface area contributed by atoms with Gasteiger partial charge < -0.3 is 14.8 Å². The highest BCUT2D eigenvalue weighted by Gasteiger charge is 2.42. The van der Waals surface area contributed by atoms with Crippen LogP contribution in [0.25, 0.3) is 0 Å². The van der Waals surface area contributed by atoms with Gasteiger partial charge in [0.05, 0.1) is 25.3 Å². The Kier molecular flexibility index (Phi) is 6.22. The van der Waals surface area contributed by atoms with Crippen molar-refractivity contribution in [3.63, 3.8) is 0 Å². The quantitative estimate of drug-likeness (QED) is 0.656. The molecule has 1 N–H and O–H groups in total. The van der Waals surface area contributed by atoms with E-state index in [-0.39, 0.29) is 12.8 Å². The van der Waals surface area contributed by atoms with Gasteiger partial charge in [-0.15, -0.1) is 6.58 Å². The largest absolute Gasteiger partial charge is 0.466 e. The minimum Gasteiger partial charge on any atom is -0.466 e. The summed E-state index contributed by atoms with van der Waals surface area (Å²) >= 11 is 0. The average molecular weight is 344 g/mol. The van der Waals surface area contributed by atoms with Crippen LogP contribution in [-0.2, 0) is 14.3 Å². The summed E-state index contributed by atoms with van der Waals surface area (Å²) in [7, 11) is 1.33. The van der Waals surface area contributed by atoms with Gasteiger partial charge in [-0.3, -0.25) is 4.90 Å². The van der Waals surface area contributed by atoms with E-state index in [1.807, 2.05) is 30.3 Å². The summed E-state index contributed by atoms with van der Waals surface area (Å²) in [5, 5.41) is 3.20. The van der Waals surface area contributed by atoms with Crippen molar-refractivity contribution in [1.82, 2.24) is 10.2 Å². The monoisotopic (exact) mass is 344 g/mol. The Morgan fingerprint density at radius 2 is 2.00 bits per heavy atom. The summed E-state index contributed by atoms with van der Waals surface area (Å²) in [6, 6.07) is 8.78. The Hall–Kier alpha value is -2.76. The molecule has 6 heteroatoms. The van der Waals surface area contributed by atoms with E-state index < -0.39 is 18.1 Å². The van der Waals surface area contributed by atoms with E-state index in [2.05, 4.69) is 11.9 Å². The molecule has 6 nitrogen and oxygen atoms in total. The fraction of sp³-hybridized carbons (Fsp3) is 0.368. The zero-order valence-electron chi connectivity index (χ0n) is 14.8. The maximum absolute atomic E-state index is 12.7. The van der Waals surface area contributed by atoms with Crippen LogP contribution in [0.2, 0.25) is 0 Å². The molecule has 1 heterocycles. The number of carbonyl (C=O) groups excluding carboxylic acids is 2. The molecule has 0 spiro atoms. The molecule has 0 fully saturated rings. The number of nitrogens with zero attached hydrogens (tertiary/aromatic N) is 1. The third-order valence-electron chi connectivity index (χ3n) is 4.06. The van der Waals surface area contributed by atoms with Gasteiger partial charge in [0.2, 0.25) is 0 Å². The van der Waals surface area contributed by atoms with Crippen molar-refractivity contribution in [2.45, 2.75) is 32.5 Å². The van der Waals surface area contributed by atoms with Crippen LogP contribution in [0.1, 0.15) is 31.9 Å². The molecule has 2 rings (SSSR count). The van der Waals surface area contributed by atoms with Crippen LogP contribution >= 0.6 is 0 Å². The minimum atomic E-state index is -0.598. The topological polar surface area (TPSA) is 67.9 Å². The van der Waals surface area contributed by atoms with Gasteiger partial charge in [-0.2, -0.15) is 0 Å². The predicted molar refractivity (Wildman–Crippen MR) is 94.5 cm³/mol. The maximum atomic E-state index is 12.7. The van der Waals surface area contributed by atoms with Crippen molar-refractivity contribution in [1.29, 1.82) is 0 Å². The molecule has 0 aliphatic carbocycles. The summed E-state index contributed by atoms with van der Waals surface area (Å²) in [5.74, 6) is -0.481. The number of methoxy groups -OCH3 is 1. The van der Waals surface area contributed by atoms with Crippen LogP contribution in [0.15, 0.2) is 54.3 Å². The fourth-order valence-corrected chi connectivity index (χ4v) is 3.02. The lowest BCUT2D eigenvalue weighted by molar-refractivity contribution is -0.137. The molecule has 2 unspecified atom stereocenters. The molecule has 0 aromatic heterocycles. The number of amides is 1. The Bertz CT molecular complexity index is 669. The van der Waals surface area contributed by atoms with Gasteiger partial charge >= 0.3 is 12.1 Å². The number of rotatable bonds is 5. The van der Waals surface area contributed by atoms with Gasteiger partial charge in [-0.25, -0.2) is 9.59 Å². The lowest BCUT2D eigenvalue weighted by Gasteiger charge is -2.43. The van der Waals surface area contributed by atoms with E-state index >= 15 is 0 Å². The molecule has 25 heavy (non-hydrogen) atoms. The zero-order chi connectivity index (χ0) is 18.4. The molecule has 0 radical (unpaired) electrons. The molecule has 1 aliphatic rings. The first kappa shape index (κ1) is 18.6. The highest BCUT2D eigenvalue weighted by molar-refractivity contribution is 5.92. The average Bonchev–Trinajstić information content (AvgIpc) is 2.61. The molecule has 1 aliphatic heterocycles. The molecule has 0 saturated heterocycles. The standard InChI is InChI=1S/C19H24N2O4/c1-5-10-15-20-13(3)16(18(22)24-4)17(14-11-8-7-9-12-14)21(15)19(23)25-6-2/h5,7-9,11-12,15,17,20H,1,6,10H2,2-4H3. The normalized spacial score (nSPS) is 19.9. The van der Waals surface area contributed by atoms with Crippen LogP contribution in [0.3, 0.4) is 0 Å². The first-order valence-electron chi connectivity index (χ1n) is 8.21. The fourth-order valence-electron chi connectivity index (χ4n) is 3.02. The lowest BCUT2D eigenvalue weighted by atomic mass is 9.92. The van der Waals surface area contributed by atoms with E-state index in [9.17, 15) is 9.59 Å². The molecular formula is C19H24N2O4. The summed E-state index contributed by atoms with van der Waals surface area (Å²) in [6.07, 6.45) is 1.37. The lowest BCUT2D eigenvalue weighted by Crippen LogP contribution is -2.55. The number of benzene rings is 1. The summed E-state index contributed by atoms with van der Waals surface area (Å²) in [6.45, 7) is 7.56. The molecule has 2 atom stereocenters. The van der Waals surface area contributed by atoms with Gasteiger partial charge in [-0.05, 0) is 19.4 Å². The smallest absolute Gasteiger partial charge is 0.412 e. The Morgan fingerprint density at radius 1 is 1.32 bits per heavy atom. The molecule has 1 aromatic carbocycles. The van der Waals surface area contributed by atoms with E-state index in [4.69, 9.17) is 9.47 Å². The molecular weight excluding hydrogens is 320 g/mol. The summed E-state index contributed by atoms with van der Waals surface area (Å²) < 4.78 is 10.2. The highest BCUT2D eigenvalue weighted by atomic mass is 16.6. The second-order valence-electron chi connectivity index (χ2n) is 5.63. The van der Waals surface area contributed by atoms with Crippen LogP contribution in [-0.4, -0.2) is 36.8 Å². The van der Waals surface area contributed by atoms with E-state index in [0.717, 1.165) is 5.56 Å². The molecule has 134 valence electrons. The number of allylic oxidation sites excluding steroid dienone is 1. The SMILES string of the molecule is C=CCC1NC(C)=C(C(=O)OC)C(c2ccccc2)N1C(=O)OCC. The summed E-state index contributed by atoms with van der Waals surface area (Å²) in [4.78, 5) is 26.7. The van der Waals surface area contributed by atoms with Gasteiger partial charge in [-0.1, -0.05) is 36.4 Å². The second kappa shape index (κ2) is 8.37. The van der Waals surface area contributed by atoms with Crippen LogP contribution in [0.5, 0.6) is 0 Å². The van der Waals surface area contributed by atoms with Gasteiger partial charge in [0.15, 0.2) is 0 Å². The molecule has 0 bridgehead atoms. The van der Waals surface area contributed by atoms with Gasteiger partial charge in [0.25, 0.3) is 0 Å². The Balaban J connectivity index is 2.62.